The number of hydrogen-bond donors (Lipinski definition) is 3. The van der Waals surface area contributed by atoms with E-state index in [1.807, 2.05) is 6.26 Å². The summed E-state index contributed by atoms with van der Waals surface area (Å²) in [5, 5.41) is 2.86. The van der Waals surface area contributed by atoms with Crippen LogP contribution in [-0.2, 0) is 6.18 Å². The van der Waals surface area contributed by atoms with Crippen LogP contribution < -0.4 is 16.6 Å². The molecule has 0 unspecified atom stereocenters. The summed E-state index contributed by atoms with van der Waals surface area (Å²) < 4.78 is 37.8. The standard InChI is InChI=1S/C11H18F3N5S/c1-20-6-4-2-3-5-16-8-7-9(19-15)18-10(17-8)11(12,13)14/h7H,2-6,15H2,1H3,(H2,16,17,18,19). The van der Waals surface area contributed by atoms with E-state index in [1.54, 1.807) is 11.8 Å². The Kier molecular flexibility index (Phi) is 6.86. The highest BCUT2D eigenvalue weighted by molar-refractivity contribution is 7.98. The van der Waals surface area contributed by atoms with Crippen molar-refractivity contribution < 1.29 is 13.2 Å². The van der Waals surface area contributed by atoms with E-state index in [4.69, 9.17) is 5.84 Å². The SMILES string of the molecule is CSCCCCCNc1cc(NN)nc(C(F)(F)F)n1. The first-order chi connectivity index (χ1) is 9.47. The summed E-state index contributed by atoms with van der Waals surface area (Å²) in [4.78, 5) is 6.72. The molecular weight excluding hydrogens is 291 g/mol. The van der Waals surface area contributed by atoms with Gasteiger partial charge in [-0.2, -0.15) is 24.9 Å². The topological polar surface area (TPSA) is 75.9 Å². The van der Waals surface area contributed by atoms with Crippen LogP contribution in [0.25, 0.3) is 0 Å². The maximum Gasteiger partial charge on any atom is 0.451 e. The largest absolute Gasteiger partial charge is 0.451 e. The third-order valence-electron chi connectivity index (χ3n) is 2.46. The fraction of sp³-hybridized carbons (Fsp3) is 0.636. The third-order valence-corrected chi connectivity index (χ3v) is 3.16. The van der Waals surface area contributed by atoms with Crippen molar-refractivity contribution in [1.29, 1.82) is 0 Å². The number of thioether (sulfide) groups is 1. The molecule has 0 spiro atoms. The molecule has 0 bridgehead atoms. The van der Waals surface area contributed by atoms with Gasteiger partial charge in [-0.3, -0.25) is 0 Å². The number of alkyl halides is 3. The summed E-state index contributed by atoms with van der Waals surface area (Å²) in [5.74, 6) is 5.03. The van der Waals surface area contributed by atoms with Gasteiger partial charge in [0.25, 0.3) is 0 Å². The summed E-state index contributed by atoms with van der Waals surface area (Å²) in [7, 11) is 0. The average molecular weight is 309 g/mol. The number of nitrogen functional groups attached to an aromatic ring is 1. The molecule has 5 nitrogen and oxygen atoms in total. The molecule has 0 saturated heterocycles. The van der Waals surface area contributed by atoms with Crippen molar-refractivity contribution in [3.8, 4) is 0 Å². The lowest BCUT2D eigenvalue weighted by Gasteiger charge is -2.11. The molecule has 1 heterocycles. The second-order valence-electron chi connectivity index (χ2n) is 4.08. The lowest BCUT2D eigenvalue weighted by Crippen LogP contribution is -2.17. The van der Waals surface area contributed by atoms with Crippen LogP contribution in [0, 0.1) is 0 Å². The molecule has 1 rings (SSSR count). The van der Waals surface area contributed by atoms with Gasteiger partial charge in [0.15, 0.2) is 0 Å². The molecule has 0 aromatic carbocycles. The fourth-order valence-electron chi connectivity index (χ4n) is 1.50. The second-order valence-corrected chi connectivity index (χ2v) is 5.07. The molecule has 4 N–H and O–H groups in total. The number of aromatic nitrogens is 2. The van der Waals surface area contributed by atoms with Gasteiger partial charge in [0.1, 0.15) is 11.6 Å². The van der Waals surface area contributed by atoms with Gasteiger partial charge in [-0.15, -0.1) is 0 Å². The highest BCUT2D eigenvalue weighted by Crippen LogP contribution is 2.28. The maximum atomic E-state index is 12.6. The summed E-state index contributed by atoms with van der Waals surface area (Å²) in [6.45, 7) is 0.562. The van der Waals surface area contributed by atoms with Crippen LogP contribution in [-0.4, -0.2) is 28.5 Å². The first kappa shape index (κ1) is 16.8. The van der Waals surface area contributed by atoms with Gasteiger partial charge in [-0.05, 0) is 24.9 Å². The van der Waals surface area contributed by atoms with Gasteiger partial charge >= 0.3 is 6.18 Å². The van der Waals surface area contributed by atoms with E-state index < -0.39 is 12.0 Å². The van der Waals surface area contributed by atoms with Crippen molar-refractivity contribution in [2.24, 2.45) is 5.84 Å². The first-order valence-corrected chi connectivity index (χ1v) is 7.52. The molecule has 0 aliphatic carbocycles. The van der Waals surface area contributed by atoms with Crippen LogP contribution >= 0.6 is 11.8 Å². The lowest BCUT2D eigenvalue weighted by molar-refractivity contribution is -0.144. The van der Waals surface area contributed by atoms with Crippen molar-refractivity contribution in [1.82, 2.24) is 9.97 Å². The number of rotatable bonds is 8. The van der Waals surface area contributed by atoms with E-state index in [9.17, 15) is 13.2 Å². The Morgan fingerprint density at radius 1 is 1.20 bits per heavy atom. The van der Waals surface area contributed by atoms with Gasteiger partial charge in [0, 0.05) is 12.6 Å². The Bertz CT molecular complexity index is 414. The number of halogens is 3. The van der Waals surface area contributed by atoms with E-state index >= 15 is 0 Å². The van der Waals surface area contributed by atoms with Crippen LogP contribution in [0.5, 0.6) is 0 Å². The lowest BCUT2D eigenvalue weighted by atomic mass is 10.2. The summed E-state index contributed by atoms with van der Waals surface area (Å²) in [5.41, 5.74) is 2.10. The molecule has 0 atom stereocenters. The zero-order valence-electron chi connectivity index (χ0n) is 11.1. The predicted molar refractivity (Wildman–Crippen MR) is 75.6 cm³/mol. The predicted octanol–water partition coefficient (Wildman–Crippen LogP) is 2.73. The zero-order valence-corrected chi connectivity index (χ0v) is 11.9. The summed E-state index contributed by atoms with van der Waals surface area (Å²) >= 11 is 1.78. The Balaban J connectivity index is 2.56. The number of nitrogens with zero attached hydrogens (tertiary/aromatic N) is 2. The van der Waals surface area contributed by atoms with Crippen LogP contribution in [0.3, 0.4) is 0 Å². The van der Waals surface area contributed by atoms with Gasteiger partial charge in [0.05, 0.1) is 0 Å². The van der Waals surface area contributed by atoms with E-state index in [1.165, 1.54) is 6.07 Å². The van der Waals surface area contributed by atoms with E-state index in [2.05, 4.69) is 20.7 Å². The minimum atomic E-state index is -4.60. The van der Waals surface area contributed by atoms with Crippen LogP contribution in [0.15, 0.2) is 6.07 Å². The molecule has 0 aliphatic rings. The molecule has 0 radical (unpaired) electrons. The smallest absolute Gasteiger partial charge is 0.370 e. The quantitative estimate of drug-likeness (QED) is 0.389. The number of anilines is 2. The summed E-state index contributed by atoms with van der Waals surface area (Å²) in [6, 6.07) is 1.34. The van der Waals surface area contributed by atoms with Crippen molar-refractivity contribution in [2.45, 2.75) is 25.4 Å². The van der Waals surface area contributed by atoms with Crippen molar-refractivity contribution in [2.75, 3.05) is 29.3 Å². The van der Waals surface area contributed by atoms with Gasteiger partial charge in [-0.1, -0.05) is 6.42 Å². The minimum Gasteiger partial charge on any atom is -0.370 e. The molecular formula is C11H18F3N5S. The highest BCUT2D eigenvalue weighted by Gasteiger charge is 2.35. The summed E-state index contributed by atoms with van der Waals surface area (Å²) in [6.07, 6.45) is 0.432. The monoisotopic (exact) mass is 309 g/mol. The zero-order chi connectivity index (χ0) is 15.0. The fourth-order valence-corrected chi connectivity index (χ4v) is 2.00. The minimum absolute atomic E-state index is 0.0720. The highest BCUT2D eigenvalue weighted by atomic mass is 32.2. The van der Waals surface area contributed by atoms with E-state index in [0.29, 0.717) is 6.54 Å². The Hall–Kier alpha value is -1.22. The van der Waals surface area contributed by atoms with Crippen LogP contribution in [0.4, 0.5) is 24.8 Å². The number of hydrazine groups is 1. The van der Waals surface area contributed by atoms with E-state index in [0.717, 1.165) is 25.0 Å². The molecule has 1 aromatic heterocycles. The Morgan fingerprint density at radius 3 is 2.50 bits per heavy atom. The van der Waals surface area contributed by atoms with E-state index in [-0.39, 0.29) is 11.6 Å². The maximum absolute atomic E-state index is 12.6. The number of nitrogens with two attached hydrogens (primary N) is 1. The Morgan fingerprint density at radius 2 is 1.90 bits per heavy atom. The second kappa shape index (κ2) is 8.15. The average Bonchev–Trinajstić information content (AvgIpc) is 2.41. The molecule has 0 aliphatic heterocycles. The molecule has 0 saturated carbocycles. The van der Waals surface area contributed by atoms with Gasteiger partial charge in [-0.25, -0.2) is 15.8 Å². The molecule has 9 heteroatoms. The number of hydrogen-bond acceptors (Lipinski definition) is 6. The van der Waals surface area contributed by atoms with Gasteiger partial charge in [0.2, 0.25) is 5.82 Å². The third kappa shape index (κ3) is 5.83. The normalized spacial score (nSPS) is 11.4. The molecule has 0 amide bonds. The van der Waals surface area contributed by atoms with Crippen LogP contribution in [0.1, 0.15) is 25.1 Å². The van der Waals surface area contributed by atoms with Crippen LogP contribution in [0.2, 0.25) is 0 Å². The number of nitrogens with one attached hydrogen (secondary N) is 2. The molecule has 20 heavy (non-hydrogen) atoms. The van der Waals surface area contributed by atoms with Crippen molar-refractivity contribution in [3.05, 3.63) is 11.9 Å². The molecule has 1 aromatic rings. The van der Waals surface area contributed by atoms with Crippen molar-refractivity contribution >= 4 is 23.4 Å². The molecule has 114 valence electrons. The molecule has 0 fully saturated rings. The number of unbranched alkanes of at least 4 members (excludes halogenated alkanes) is 2. The van der Waals surface area contributed by atoms with Gasteiger partial charge < -0.3 is 10.7 Å². The van der Waals surface area contributed by atoms with Crippen molar-refractivity contribution in [3.63, 3.8) is 0 Å². The first-order valence-electron chi connectivity index (χ1n) is 6.13. The Labute approximate surface area is 119 Å².